The van der Waals surface area contributed by atoms with Crippen LogP contribution >= 0.6 is 27.3 Å². The fourth-order valence-corrected chi connectivity index (χ4v) is 0. The maximum atomic E-state index is 8.91. The van der Waals surface area contributed by atoms with Gasteiger partial charge in [0.15, 0.2) is 0 Å². The van der Waals surface area contributed by atoms with Crippen molar-refractivity contribution in [2.24, 2.45) is 0 Å². The third-order valence-electron chi connectivity index (χ3n) is 0.706. The summed E-state index contributed by atoms with van der Waals surface area (Å²) in [7, 11) is -1.16. The molecule has 0 radical (unpaired) electrons. The highest BCUT2D eigenvalue weighted by molar-refractivity contribution is 8.93. The molecule has 0 rings (SSSR count). The van der Waals surface area contributed by atoms with Crippen LogP contribution in [0.4, 0.5) is 0 Å². The minimum absolute atomic E-state index is 0. The molecule has 0 bridgehead atoms. The highest BCUT2D eigenvalue weighted by Gasteiger charge is 1.97. The van der Waals surface area contributed by atoms with Gasteiger partial charge in [0.1, 0.15) is 0 Å². The first-order valence-electron chi connectivity index (χ1n) is 1.99. The van der Waals surface area contributed by atoms with Gasteiger partial charge in [0.05, 0.1) is 0 Å². The predicted octanol–water partition coefficient (Wildman–Crippen LogP) is 2.12. The number of hydrogen-bond acceptors (Lipinski definition) is 1. The SMILES string of the molecule is Br.CCS(C)(C)O. The van der Waals surface area contributed by atoms with Crippen molar-refractivity contribution >= 4 is 27.3 Å². The molecule has 0 unspecified atom stereocenters. The van der Waals surface area contributed by atoms with Crippen LogP contribution in [0.15, 0.2) is 0 Å². The summed E-state index contributed by atoms with van der Waals surface area (Å²) >= 11 is 0. The minimum Gasteiger partial charge on any atom is -0.352 e. The van der Waals surface area contributed by atoms with E-state index in [1.807, 2.05) is 19.4 Å². The van der Waals surface area contributed by atoms with E-state index in [2.05, 4.69) is 0 Å². The van der Waals surface area contributed by atoms with E-state index in [0.29, 0.717) is 0 Å². The van der Waals surface area contributed by atoms with Crippen LogP contribution in [0.5, 0.6) is 0 Å². The van der Waals surface area contributed by atoms with E-state index in [0.717, 1.165) is 5.75 Å². The van der Waals surface area contributed by atoms with Crippen molar-refractivity contribution in [3.63, 3.8) is 0 Å². The van der Waals surface area contributed by atoms with Crippen LogP contribution in [0.2, 0.25) is 0 Å². The van der Waals surface area contributed by atoms with E-state index in [-0.39, 0.29) is 17.0 Å². The van der Waals surface area contributed by atoms with Crippen molar-refractivity contribution in [2.75, 3.05) is 18.3 Å². The van der Waals surface area contributed by atoms with Crippen molar-refractivity contribution in [3.8, 4) is 0 Å². The normalized spacial score (nSPS) is 12.6. The fraction of sp³-hybridized carbons (Fsp3) is 1.00. The smallest absolute Gasteiger partial charge is 0.00461 e. The van der Waals surface area contributed by atoms with Crippen LogP contribution in [-0.2, 0) is 0 Å². The molecule has 1 N–H and O–H groups in total. The molecule has 7 heavy (non-hydrogen) atoms. The summed E-state index contributed by atoms with van der Waals surface area (Å²) in [4.78, 5) is 0. The molecule has 3 heteroatoms. The van der Waals surface area contributed by atoms with Gasteiger partial charge in [-0.15, -0.1) is 27.3 Å². The first-order valence-corrected chi connectivity index (χ1v) is 4.57. The monoisotopic (exact) mass is 188 g/mol. The van der Waals surface area contributed by atoms with E-state index >= 15 is 0 Å². The lowest BCUT2D eigenvalue weighted by Crippen LogP contribution is -1.93. The Morgan fingerprint density at radius 3 is 1.57 bits per heavy atom. The summed E-state index contributed by atoms with van der Waals surface area (Å²) in [5.74, 6) is 0.910. The molecule has 0 aliphatic heterocycles. The Hall–Kier alpha value is 0.790. The molecule has 0 heterocycles. The molecule has 0 atom stereocenters. The largest absolute Gasteiger partial charge is 0.352 e. The summed E-state index contributed by atoms with van der Waals surface area (Å²) in [6, 6.07) is 0. The second-order valence-electron chi connectivity index (χ2n) is 1.77. The Balaban J connectivity index is 0. The van der Waals surface area contributed by atoms with E-state index < -0.39 is 10.3 Å². The first kappa shape index (κ1) is 10.7. The molecular formula is C4H13BrOS. The maximum absolute atomic E-state index is 8.91. The Morgan fingerprint density at radius 2 is 1.57 bits per heavy atom. The average molecular weight is 189 g/mol. The summed E-state index contributed by atoms with van der Waals surface area (Å²) in [5, 5.41) is 0. The van der Waals surface area contributed by atoms with Gasteiger partial charge in [-0.05, 0) is 18.3 Å². The highest BCUT2D eigenvalue weighted by atomic mass is 79.9. The maximum Gasteiger partial charge on any atom is -0.00461 e. The zero-order valence-electron chi connectivity index (χ0n) is 4.97. The molecule has 0 aliphatic carbocycles. The molecule has 0 fully saturated rings. The van der Waals surface area contributed by atoms with Gasteiger partial charge in [-0.3, -0.25) is 0 Å². The zero-order valence-corrected chi connectivity index (χ0v) is 7.50. The van der Waals surface area contributed by atoms with Gasteiger partial charge in [0, 0.05) is 0 Å². The van der Waals surface area contributed by atoms with Gasteiger partial charge in [0.2, 0.25) is 0 Å². The van der Waals surface area contributed by atoms with Gasteiger partial charge >= 0.3 is 0 Å². The fourth-order valence-electron chi connectivity index (χ4n) is 0. The number of halogens is 1. The average Bonchev–Trinajstić information content (AvgIpc) is 1.35. The van der Waals surface area contributed by atoms with Crippen LogP contribution in [0.1, 0.15) is 6.92 Å². The van der Waals surface area contributed by atoms with Crippen molar-refractivity contribution < 1.29 is 4.55 Å². The molecule has 0 spiro atoms. The summed E-state index contributed by atoms with van der Waals surface area (Å²) in [6.07, 6.45) is 3.76. The zero-order chi connectivity index (χ0) is 5.21. The van der Waals surface area contributed by atoms with Gasteiger partial charge < -0.3 is 4.55 Å². The Morgan fingerprint density at radius 1 is 1.43 bits per heavy atom. The molecule has 0 amide bonds. The third-order valence-corrected chi connectivity index (χ3v) is 2.12. The van der Waals surface area contributed by atoms with Crippen LogP contribution in [-0.4, -0.2) is 22.8 Å². The van der Waals surface area contributed by atoms with Gasteiger partial charge in [0.25, 0.3) is 0 Å². The van der Waals surface area contributed by atoms with Crippen LogP contribution in [0, 0.1) is 0 Å². The Labute approximate surface area is 57.4 Å². The standard InChI is InChI=1S/C4H12OS.BrH/c1-4-6(2,3)5;/h5H,4H2,1-3H3;1H. The molecule has 0 aromatic rings. The quantitative estimate of drug-likeness (QED) is 0.669. The summed E-state index contributed by atoms with van der Waals surface area (Å²) in [6.45, 7) is 2.00. The van der Waals surface area contributed by atoms with Gasteiger partial charge in [-0.25, -0.2) is 0 Å². The second kappa shape index (κ2) is 3.75. The van der Waals surface area contributed by atoms with Crippen molar-refractivity contribution in [2.45, 2.75) is 6.92 Å². The first-order chi connectivity index (χ1) is 2.56. The highest BCUT2D eigenvalue weighted by Crippen LogP contribution is 2.32. The van der Waals surface area contributed by atoms with Crippen molar-refractivity contribution in [3.05, 3.63) is 0 Å². The molecule has 48 valence electrons. The number of rotatable bonds is 1. The topological polar surface area (TPSA) is 20.2 Å². The molecule has 0 saturated heterocycles. The van der Waals surface area contributed by atoms with Crippen LogP contribution in [0.3, 0.4) is 0 Å². The second-order valence-corrected chi connectivity index (χ2v) is 5.31. The Kier molecular flexibility index (Phi) is 5.74. The molecular weight excluding hydrogens is 176 g/mol. The molecule has 0 saturated carbocycles. The Bertz CT molecular complexity index is 41.4. The van der Waals surface area contributed by atoms with Crippen molar-refractivity contribution in [1.29, 1.82) is 0 Å². The lowest BCUT2D eigenvalue weighted by Gasteiger charge is -2.19. The molecule has 1 nitrogen and oxygen atoms in total. The molecule has 0 aromatic heterocycles. The van der Waals surface area contributed by atoms with E-state index in [1.165, 1.54) is 0 Å². The van der Waals surface area contributed by atoms with Crippen LogP contribution < -0.4 is 0 Å². The lowest BCUT2D eigenvalue weighted by molar-refractivity contribution is 0.638. The summed E-state index contributed by atoms with van der Waals surface area (Å²) in [5.41, 5.74) is 0. The summed E-state index contributed by atoms with van der Waals surface area (Å²) < 4.78 is 8.91. The number of hydrogen-bond donors (Lipinski definition) is 1. The van der Waals surface area contributed by atoms with E-state index in [9.17, 15) is 0 Å². The predicted molar refractivity (Wildman–Crippen MR) is 42.9 cm³/mol. The molecule has 0 aliphatic rings. The third kappa shape index (κ3) is 10.8. The minimum atomic E-state index is -1.16. The van der Waals surface area contributed by atoms with Gasteiger partial charge in [-0.1, -0.05) is 6.92 Å². The van der Waals surface area contributed by atoms with Crippen molar-refractivity contribution in [1.82, 2.24) is 0 Å². The van der Waals surface area contributed by atoms with Crippen LogP contribution in [0.25, 0.3) is 0 Å². The van der Waals surface area contributed by atoms with E-state index in [1.54, 1.807) is 0 Å². The molecule has 0 aromatic carbocycles. The van der Waals surface area contributed by atoms with E-state index in [4.69, 9.17) is 4.55 Å². The van der Waals surface area contributed by atoms with Gasteiger partial charge in [-0.2, -0.15) is 0 Å². The lowest BCUT2D eigenvalue weighted by atomic mass is 11.0.